The minimum absolute atomic E-state index is 0.0188. The molecule has 0 saturated carbocycles. The molecule has 4 rings (SSSR count). The van der Waals surface area contributed by atoms with Gasteiger partial charge in [-0.15, -0.1) is 0 Å². The van der Waals surface area contributed by atoms with Gasteiger partial charge in [-0.25, -0.2) is 0 Å². The summed E-state index contributed by atoms with van der Waals surface area (Å²) in [6, 6.07) is 11.1. The number of piperazine rings is 1. The highest BCUT2D eigenvalue weighted by Gasteiger charge is 2.29. The maximum absolute atomic E-state index is 12.9. The van der Waals surface area contributed by atoms with Crippen molar-refractivity contribution in [1.82, 2.24) is 14.8 Å². The third-order valence-electron chi connectivity index (χ3n) is 6.13. The average molecular weight is 376 g/mol. The lowest BCUT2D eigenvalue weighted by Crippen LogP contribution is -2.53. The number of aromatic amines is 1. The molecule has 6 heteroatoms. The average Bonchev–Trinajstić information content (AvgIpc) is 2.73. The van der Waals surface area contributed by atoms with Crippen LogP contribution in [0.15, 0.2) is 35.3 Å². The van der Waals surface area contributed by atoms with Crippen LogP contribution < -0.4 is 5.56 Å². The van der Waals surface area contributed by atoms with E-state index in [2.05, 4.69) is 34.1 Å². The van der Waals surface area contributed by atoms with E-state index in [4.69, 9.17) is 5.26 Å². The summed E-state index contributed by atoms with van der Waals surface area (Å²) < 4.78 is 0. The first-order valence-corrected chi connectivity index (χ1v) is 9.81. The summed E-state index contributed by atoms with van der Waals surface area (Å²) in [6.07, 6.45) is 4.79. The van der Waals surface area contributed by atoms with E-state index in [1.807, 2.05) is 11.0 Å². The second kappa shape index (κ2) is 7.61. The maximum atomic E-state index is 12.9. The molecule has 1 aromatic heterocycles. The van der Waals surface area contributed by atoms with Crippen molar-refractivity contribution in [3.8, 4) is 6.07 Å². The number of pyridine rings is 1. The number of hydrogen-bond donors (Lipinski definition) is 1. The van der Waals surface area contributed by atoms with Gasteiger partial charge in [-0.05, 0) is 42.9 Å². The molecule has 2 aromatic rings. The number of amides is 1. The van der Waals surface area contributed by atoms with E-state index in [1.165, 1.54) is 17.3 Å². The largest absolute Gasteiger partial charge is 0.336 e. The summed E-state index contributed by atoms with van der Waals surface area (Å²) in [5.74, 6) is -0.112. The Kier molecular flexibility index (Phi) is 5.01. The lowest BCUT2D eigenvalue weighted by Gasteiger charge is -2.41. The number of aryl methyl sites for hydroxylation is 1. The van der Waals surface area contributed by atoms with Crippen LogP contribution in [0.4, 0.5) is 0 Å². The molecule has 1 fully saturated rings. The number of rotatable bonds is 2. The molecule has 28 heavy (non-hydrogen) atoms. The third kappa shape index (κ3) is 3.34. The number of benzene rings is 1. The fourth-order valence-electron chi connectivity index (χ4n) is 4.43. The molecule has 1 atom stereocenters. The summed E-state index contributed by atoms with van der Waals surface area (Å²) >= 11 is 0. The molecule has 0 unspecified atom stereocenters. The Hall–Kier alpha value is -2.91. The van der Waals surface area contributed by atoms with Gasteiger partial charge in [0, 0.05) is 38.4 Å². The topological polar surface area (TPSA) is 80.2 Å². The summed E-state index contributed by atoms with van der Waals surface area (Å²) in [6.45, 7) is 4.70. The molecule has 1 aromatic carbocycles. The molecular weight excluding hydrogens is 352 g/mol. The van der Waals surface area contributed by atoms with Crippen molar-refractivity contribution in [2.45, 2.75) is 32.2 Å². The van der Waals surface area contributed by atoms with Crippen LogP contribution in [-0.4, -0.2) is 52.9 Å². The molecule has 0 spiro atoms. The first-order valence-electron chi connectivity index (χ1n) is 9.81. The molecule has 1 N–H and O–H groups in total. The van der Waals surface area contributed by atoms with Gasteiger partial charge in [-0.2, -0.15) is 5.26 Å². The zero-order valence-corrected chi connectivity index (χ0v) is 16.1. The maximum Gasteiger partial charge on any atom is 0.266 e. The summed E-state index contributed by atoms with van der Waals surface area (Å²) in [5, 5.41) is 9.16. The summed E-state index contributed by atoms with van der Waals surface area (Å²) in [7, 11) is 0. The van der Waals surface area contributed by atoms with Gasteiger partial charge in [0.05, 0.1) is 5.56 Å². The molecule has 6 nitrogen and oxygen atoms in total. The number of nitriles is 1. The number of aromatic nitrogens is 1. The van der Waals surface area contributed by atoms with E-state index < -0.39 is 5.56 Å². The van der Waals surface area contributed by atoms with Gasteiger partial charge in [-0.3, -0.25) is 14.5 Å². The molecule has 144 valence electrons. The van der Waals surface area contributed by atoms with Gasteiger partial charge in [0.1, 0.15) is 11.6 Å². The van der Waals surface area contributed by atoms with Crippen LogP contribution in [0.25, 0.3) is 0 Å². The van der Waals surface area contributed by atoms with Crippen LogP contribution in [0.2, 0.25) is 0 Å². The SMILES string of the molecule is Cc1c(C(=O)N2CCN([C@@H]3CCc4ccccc4C3)CC2)c[nH]c(=O)c1C#N. The second-order valence-corrected chi connectivity index (χ2v) is 7.64. The second-order valence-electron chi connectivity index (χ2n) is 7.64. The molecule has 0 radical (unpaired) electrons. The normalized spacial score (nSPS) is 19.7. The minimum Gasteiger partial charge on any atom is -0.336 e. The van der Waals surface area contributed by atoms with Gasteiger partial charge >= 0.3 is 0 Å². The van der Waals surface area contributed by atoms with E-state index in [0.29, 0.717) is 30.3 Å². The van der Waals surface area contributed by atoms with E-state index in [1.54, 1.807) is 6.92 Å². The number of nitrogens with zero attached hydrogens (tertiary/aromatic N) is 3. The van der Waals surface area contributed by atoms with Gasteiger partial charge < -0.3 is 9.88 Å². The monoisotopic (exact) mass is 376 g/mol. The van der Waals surface area contributed by atoms with Crippen LogP contribution in [0.3, 0.4) is 0 Å². The van der Waals surface area contributed by atoms with Crippen LogP contribution in [-0.2, 0) is 12.8 Å². The molecule has 1 amide bonds. The smallest absolute Gasteiger partial charge is 0.266 e. The quantitative estimate of drug-likeness (QED) is 0.868. The predicted molar refractivity (Wildman–Crippen MR) is 106 cm³/mol. The molecule has 1 aliphatic heterocycles. The zero-order valence-electron chi connectivity index (χ0n) is 16.1. The Labute approximate surface area is 164 Å². The minimum atomic E-state index is -0.445. The van der Waals surface area contributed by atoms with Crippen molar-refractivity contribution in [2.24, 2.45) is 0 Å². The highest BCUT2D eigenvalue weighted by molar-refractivity contribution is 5.95. The third-order valence-corrected chi connectivity index (χ3v) is 6.13. The predicted octanol–water partition coefficient (Wildman–Crippen LogP) is 1.87. The standard InChI is InChI=1S/C22H24N4O2/c1-15-19(13-23)21(27)24-14-20(15)22(28)26-10-8-25(9-11-26)18-7-6-16-4-2-3-5-17(16)12-18/h2-5,14,18H,6-12H2,1H3,(H,24,27)/t18-/m1/s1. The molecule has 0 bridgehead atoms. The van der Waals surface area contributed by atoms with Gasteiger partial charge in [0.25, 0.3) is 11.5 Å². The van der Waals surface area contributed by atoms with Crippen molar-refractivity contribution in [2.75, 3.05) is 26.2 Å². The number of carbonyl (C=O) groups is 1. The fraction of sp³-hybridized carbons (Fsp3) is 0.409. The number of nitrogens with one attached hydrogen (secondary N) is 1. The molecular formula is C22H24N4O2. The number of carbonyl (C=O) groups excluding carboxylic acids is 1. The van der Waals surface area contributed by atoms with Gasteiger partial charge in [0.15, 0.2) is 0 Å². The fourth-order valence-corrected chi connectivity index (χ4v) is 4.43. The van der Waals surface area contributed by atoms with Crippen molar-refractivity contribution in [3.63, 3.8) is 0 Å². The highest BCUT2D eigenvalue weighted by atomic mass is 16.2. The Morgan fingerprint density at radius 1 is 1.18 bits per heavy atom. The Bertz CT molecular complexity index is 996. The number of H-pyrrole nitrogens is 1. The first kappa shape index (κ1) is 18.5. The van der Waals surface area contributed by atoms with Crippen LogP contribution in [0, 0.1) is 18.3 Å². The Morgan fingerprint density at radius 2 is 1.89 bits per heavy atom. The number of fused-ring (bicyclic) bond motifs is 1. The summed E-state index contributed by atoms with van der Waals surface area (Å²) in [5.41, 5.74) is 3.36. The molecule has 2 aliphatic rings. The lowest BCUT2D eigenvalue weighted by molar-refractivity contribution is 0.0552. The van der Waals surface area contributed by atoms with Crippen molar-refractivity contribution >= 4 is 5.91 Å². The van der Waals surface area contributed by atoms with Crippen LogP contribution in [0.5, 0.6) is 0 Å². The Balaban J connectivity index is 1.42. The van der Waals surface area contributed by atoms with Crippen molar-refractivity contribution < 1.29 is 4.79 Å². The van der Waals surface area contributed by atoms with E-state index in [0.717, 1.165) is 32.4 Å². The van der Waals surface area contributed by atoms with Crippen LogP contribution >= 0.6 is 0 Å². The molecule has 1 saturated heterocycles. The highest BCUT2D eigenvalue weighted by Crippen LogP contribution is 2.25. The molecule has 2 heterocycles. The lowest BCUT2D eigenvalue weighted by atomic mass is 9.87. The van der Waals surface area contributed by atoms with E-state index >= 15 is 0 Å². The molecule has 1 aliphatic carbocycles. The Morgan fingerprint density at radius 3 is 2.61 bits per heavy atom. The first-order chi connectivity index (χ1) is 13.6. The van der Waals surface area contributed by atoms with Gasteiger partial charge in [-0.1, -0.05) is 24.3 Å². The van der Waals surface area contributed by atoms with E-state index in [9.17, 15) is 9.59 Å². The van der Waals surface area contributed by atoms with Crippen molar-refractivity contribution in [3.05, 3.63) is 68.6 Å². The summed E-state index contributed by atoms with van der Waals surface area (Å²) in [4.78, 5) is 31.5. The van der Waals surface area contributed by atoms with Gasteiger partial charge in [0.2, 0.25) is 0 Å². The van der Waals surface area contributed by atoms with E-state index in [-0.39, 0.29) is 11.5 Å². The zero-order chi connectivity index (χ0) is 19.7. The van der Waals surface area contributed by atoms with Crippen molar-refractivity contribution in [1.29, 1.82) is 5.26 Å². The number of hydrogen-bond acceptors (Lipinski definition) is 4. The van der Waals surface area contributed by atoms with Crippen LogP contribution in [0.1, 0.15) is 39.0 Å².